The van der Waals surface area contributed by atoms with Crippen LogP contribution in [0.3, 0.4) is 0 Å². The minimum atomic E-state index is -3.50. The largest absolute Gasteiger partial charge is 0.453 e. The minimum absolute atomic E-state index is 0.0107. The van der Waals surface area contributed by atoms with Gasteiger partial charge in [0.25, 0.3) is 10.0 Å². The number of rotatable bonds is 10. The lowest BCUT2D eigenvalue weighted by molar-refractivity contribution is 0.151. The van der Waals surface area contributed by atoms with Crippen LogP contribution in [0.15, 0.2) is 16.3 Å². The lowest BCUT2D eigenvalue weighted by Gasteiger charge is -2.27. The third-order valence-electron chi connectivity index (χ3n) is 4.55. The molecular formula is C17H29N3O5S2. The summed E-state index contributed by atoms with van der Waals surface area (Å²) >= 11 is 1.27. The number of alkyl carbamates (subject to hydrolysis) is 1. The summed E-state index contributed by atoms with van der Waals surface area (Å²) in [7, 11) is 1.46. The molecule has 1 atom stereocenters. The molecule has 1 aliphatic rings. The molecule has 154 valence electrons. The maximum atomic E-state index is 13.1. The Morgan fingerprint density at radius 3 is 2.89 bits per heavy atom. The number of sulfonamides is 1. The van der Waals surface area contributed by atoms with Crippen molar-refractivity contribution in [3.8, 4) is 0 Å². The molecule has 10 heteroatoms. The summed E-state index contributed by atoms with van der Waals surface area (Å²) < 4.78 is 37.8. The van der Waals surface area contributed by atoms with Crippen molar-refractivity contribution < 1.29 is 22.7 Å². The number of carbonyl (C=O) groups is 1. The van der Waals surface area contributed by atoms with Crippen molar-refractivity contribution in [1.82, 2.24) is 14.5 Å². The molecule has 1 aliphatic heterocycles. The van der Waals surface area contributed by atoms with E-state index < -0.39 is 16.1 Å². The van der Waals surface area contributed by atoms with Gasteiger partial charge in [-0.15, -0.1) is 11.3 Å². The van der Waals surface area contributed by atoms with Crippen LogP contribution in [-0.2, 0) is 25.9 Å². The zero-order valence-electron chi connectivity index (χ0n) is 16.1. The summed E-state index contributed by atoms with van der Waals surface area (Å²) in [4.78, 5) is 14.1. The number of nitrogens with zero attached hydrogens (tertiary/aromatic N) is 2. The van der Waals surface area contributed by atoms with Gasteiger partial charge in [-0.2, -0.15) is 4.31 Å². The van der Waals surface area contributed by atoms with Gasteiger partial charge in [0, 0.05) is 44.2 Å². The first-order valence-electron chi connectivity index (χ1n) is 8.98. The zero-order chi connectivity index (χ0) is 19.9. The predicted octanol–water partition coefficient (Wildman–Crippen LogP) is 1.38. The number of methoxy groups -OCH3 is 2. The van der Waals surface area contributed by atoms with Gasteiger partial charge in [-0.3, -0.25) is 0 Å². The topological polar surface area (TPSA) is 88.2 Å². The Morgan fingerprint density at radius 1 is 1.41 bits per heavy atom. The van der Waals surface area contributed by atoms with Crippen LogP contribution < -0.4 is 5.32 Å². The number of hydrogen-bond donors (Lipinski definition) is 1. The Labute approximate surface area is 165 Å². The van der Waals surface area contributed by atoms with Crippen molar-refractivity contribution in [2.45, 2.75) is 29.5 Å². The summed E-state index contributed by atoms with van der Waals surface area (Å²) in [6, 6.07) is 3.47. The van der Waals surface area contributed by atoms with E-state index in [2.05, 4.69) is 15.0 Å². The van der Waals surface area contributed by atoms with Gasteiger partial charge in [0.15, 0.2) is 0 Å². The van der Waals surface area contributed by atoms with Crippen LogP contribution in [0.25, 0.3) is 0 Å². The average Bonchev–Trinajstić information content (AvgIpc) is 3.30. The molecule has 0 aliphatic carbocycles. The van der Waals surface area contributed by atoms with Crippen molar-refractivity contribution in [2.24, 2.45) is 0 Å². The highest BCUT2D eigenvalue weighted by molar-refractivity contribution is 7.91. The van der Waals surface area contributed by atoms with E-state index in [1.807, 2.05) is 13.1 Å². The highest BCUT2D eigenvalue weighted by Gasteiger charge is 2.36. The molecule has 1 saturated heterocycles. The monoisotopic (exact) mass is 419 g/mol. The lowest BCUT2D eigenvalue weighted by Crippen LogP contribution is -2.42. The molecule has 27 heavy (non-hydrogen) atoms. The third kappa shape index (κ3) is 6.15. The number of ether oxygens (including phenoxy) is 2. The van der Waals surface area contributed by atoms with Gasteiger partial charge in [-0.25, -0.2) is 13.2 Å². The van der Waals surface area contributed by atoms with Crippen LogP contribution in [0, 0.1) is 0 Å². The van der Waals surface area contributed by atoms with E-state index >= 15 is 0 Å². The molecule has 8 nitrogen and oxygen atoms in total. The van der Waals surface area contributed by atoms with Gasteiger partial charge < -0.3 is 19.7 Å². The fraction of sp³-hybridized carbons (Fsp3) is 0.706. The molecule has 0 unspecified atom stereocenters. The predicted molar refractivity (Wildman–Crippen MR) is 105 cm³/mol. The highest BCUT2D eigenvalue weighted by atomic mass is 32.2. The molecule has 0 saturated carbocycles. The van der Waals surface area contributed by atoms with Crippen molar-refractivity contribution in [1.29, 1.82) is 0 Å². The molecule has 0 spiro atoms. The van der Waals surface area contributed by atoms with Crippen molar-refractivity contribution >= 4 is 27.5 Å². The molecular weight excluding hydrogens is 390 g/mol. The maximum Gasteiger partial charge on any atom is 0.406 e. The molecule has 1 aromatic heterocycles. The smallest absolute Gasteiger partial charge is 0.406 e. The number of hydrogen-bond acceptors (Lipinski definition) is 7. The standard InChI is InChI=1S/C17H29N3O5S2/c1-19(11-12-24-2)13-14-5-4-10-20(14)27(22,23)16-7-6-15(26-16)8-9-18-17(21)25-3/h6-7,14H,4-5,8-13H2,1-3H3,(H,18,21)/t14-/m1/s1. The van der Waals surface area contributed by atoms with E-state index in [1.54, 1.807) is 17.5 Å². The van der Waals surface area contributed by atoms with E-state index in [-0.39, 0.29) is 6.04 Å². The SMILES string of the molecule is COCCN(C)C[C@H]1CCCN1S(=O)(=O)c1ccc(CCNC(=O)OC)s1. The summed E-state index contributed by atoms with van der Waals surface area (Å²) in [5, 5.41) is 2.60. The van der Waals surface area contributed by atoms with Crippen molar-refractivity contribution in [3.63, 3.8) is 0 Å². The molecule has 2 heterocycles. The summed E-state index contributed by atoms with van der Waals surface area (Å²) in [5.74, 6) is 0. The Kier molecular flexibility index (Phi) is 8.49. The summed E-state index contributed by atoms with van der Waals surface area (Å²) in [5.41, 5.74) is 0. The Bertz CT molecular complexity index is 707. The van der Waals surface area contributed by atoms with Gasteiger partial charge >= 0.3 is 6.09 Å². The number of amides is 1. The Hall–Kier alpha value is -1.20. The van der Waals surface area contributed by atoms with Crippen LogP contribution in [0.4, 0.5) is 4.79 Å². The summed E-state index contributed by atoms with van der Waals surface area (Å²) in [6.45, 7) is 3.07. The van der Waals surface area contributed by atoms with E-state index in [9.17, 15) is 13.2 Å². The molecule has 0 radical (unpaired) electrons. The van der Waals surface area contributed by atoms with Gasteiger partial charge in [0.05, 0.1) is 13.7 Å². The molecule has 0 bridgehead atoms. The molecule has 2 rings (SSSR count). The Morgan fingerprint density at radius 2 is 2.19 bits per heavy atom. The number of nitrogens with one attached hydrogen (secondary N) is 1. The first-order valence-corrected chi connectivity index (χ1v) is 11.2. The highest BCUT2D eigenvalue weighted by Crippen LogP contribution is 2.30. The van der Waals surface area contributed by atoms with Crippen LogP contribution >= 0.6 is 11.3 Å². The fourth-order valence-corrected chi connectivity index (χ4v) is 6.28. The molecule has 1 fully saturated rings. The lowest BCUT2D eigenvalue weighted by atomic mass is 10.2. The van der Waals surface area contributed by atoms with Crippen molar-refractivity contribution in [3.05, 3.63) is 17.0 Å². The average molecular weight is 420 g/mol. The molecule has 0 aromatic carbocycles. The number of thiophene rings is 1. The zero-order valence-corrected chi connectivity index (χ0v) is 17.8. The van der Waals surface area contributed by atoms with Crippen LogP contribution in [-0.4, -0.2) is 83.8 Å². The van der Waals surface area contributed by atoms with Crippen LogP contribution in [0.2, 0.25) is 0 Å². The fourth-order valence-electron chi connectivity index (χ4n) is 3.11. The van der Waals surface area contributed by atoms with Crippen LogP contribution in [0.5, 0.6) is 0 Å². The van der Waals surface area contributed by atoms with Gasteiger partial charge in [-0.05, 0) is 38.4 Å². The van der Waals surface area contributed by atoms with E-state index in [4.69, 9.17) is 4.74 Å². The van der Waals surface area contributed by atoms with E-state index in [0.717, 1.165) is 24.3 Å². The number of carbonyl (C=O) groups excluding carboxylic acids is 1. The van der Waals surface area contributed by atoms with Gasteiger partial charge in [0.1, 0.15) is 4.21 Å². The summed E-state index contributed by atoms with van der Waals surface area (Å²) in [6.07, 6.45) is 1.83. The van der Waals surface area contributed by atoms with E-state index in [0.29, 0.717) is 36.9 Å². The Balaban J connectivity index is 1.99. The third-order valence-corrected chi connectivity index (χ3v) is 8.11. The van der Waals surface area contributed by atoms with Crippen LogP contribution in [0.1, 0.15) is 17.7 Å². The minimum Gasteiger partial charge on any atom is -0.453 e. The van der Waals surface area contributed by atoms with Crippen molar-refractivity contribution in [2.75, 3.05) is 54.1 Å². The molecule has 1 aromatic rings. The second kappa shape index (κ2) is 10.4. The second-order valence-corrected chi connectivity index (χ2v) is 9.84. The second-order valence-electron chi connectivity index (χ2n) is 6.56. The first-order chi connectivity index (χ1) is 12.9. The quantitative estimate of drug-likeness (QED) is 0.616. The first kappa shape index (κ1) is 22.1. The maximum absolute atomic E-state index is 13.1. The van der Waals surface area contributed by atoms with Gasteiger partial charge in [-0.1, -0.05) is 0 Å². The molecule has 1 N–H and O–H groups in total. The van der Waals surface area contributed by atoms with E-state index in [1.165, 1.54) is 18.4 Å². The number of likely N-dealkylation sites (N-methyl/N-ethyl adjacent to an activating group) is 1. The van der Waals surface area contributed by atoms with Gasteiger partial charge in [0.2, 0.25) is 0 Å². The molecule has 1 amide bonds. The normalized spacial score (nSPS) is 18.1.